The van der Waals surface area contributed by atoms with E-state index in [1.54, 1.807) is 7.11 Å². The van der Waals surface area contributed by atoms with Crippen LogP contribution >= 0.6 is 0 Å². The zero-order valence-electron chi connectivity index (χ0n) is 12.7. The van der Waals surface area contributed by atoms with Crippen LogP contribution in [0.5, 0.6) is 0 Å². The van der Waals surface area contributed by atoms with E-state index in [0.717, 1.165) is 18.5 Å². The number of rotatable bonds is 8. The van der Waals surface area contributed by atoms with Crippen LogP contribution in [0.3, 0.4) is 0 Å². The molecule has 2 aromatic rings. The normalized spacial score (nSPS) is 11.0. The minimum absolute atomic E-state index is 0.0302. The van der Waals surface area contributed by atoms with E-state index < -0.39 is 0 Å². The minimum Gasteiger partial charge on any atom is -0.385 e. The van der Waals surface area contributed by atoms with Gasteiger partial charge in [0.1, 0.15) is 6.54 Å². The Labute approximate surface area is 125 Å². The first-order chi connectivity index (χ1) is 10.3. The lowest BCUT2D eigenvalue weighted by atomic mass is 10.1. The highest BCUT2D eigenvalue weighted by atomic mass is 16.5. The van der Waals surface area contributed by atoms with Crippen LogP contribution in [0.1, 0.15) is 12.0 Å². The summed E-state index contributed by atoms with van der Waals surface area (Å²) < 4.78 is 6.95. The van der Waals surface area contributed by atoms with Gasteiger partial charge in [0.15, 0.2) is 0 Å². The van der Waals surface area contributed by atoms with Gasteiger partial charge in [-0.3, -0.25) is 4.79 Å². The molecule has 0 aliphatic heterocycles. The molecular formula is C16H23N3O2. The van der Waals surface area contributed by atoms with E-state index in [-0.39, 0.29) is 5.91 Å². The van der Waals surface area contributed by atoms with Gasteiger partial charge in [0, 0.05) is 43.9 Å². The summed E-state index contributed by atoms with van der Waals surface area (Å²) in [4.78, 5) is 11.9. The summed E-state index contributed by atoms with van der Waals surface area (Å²) in [7, 11) is 3.60. The fraction of sp³-hybridized carbons (Fsp3) is 0.438. The Hall–Kier alpha value is -1.85. The molecule has 0 aliphatic rings. The molecule has 21 heavy (non-hydrogen) atoms. The number of carbonyl (C=O) groups excluding carboxylic acids is 1. The average molecular weight is 289 g/mol. The van der Waals surface area contributed by atoms with E-state index in [1.807, 2.05) is 29.9 Å². The number of benzene rings is 1. The topological polar surface area (TPSA) is 55.3 Å². The number of nitrogens with zero attached hydrogens (tertiary/aromatic N) is 1. The van der Waals surface area contributed by atoms with Crippen LogP contribution in [0, 0.1) is 0 Å². The quantitative estimate of drug-likeness (QED) is 0.724. The first kappa shape index (κ1) is 15.5. The van der Waals surface area contributed by atoms with Gasteiger partial charge < -0.3 is 19.9 Å². The van der Waals surface area contributed by atoms with Gasteiger partial charge in [0.05, 0.1) is 0 Å². The van der Waals surface area contributed by atoms with Gasteiger partial charge in [-0.1, -0.05) is 12.1 Å². The van der Waals surface area contributed by atoms with E-state index in [9.17, 15) is 4.79 Å². The molecule has 2 rings (SSSR count). The molecule has 5 nitrogen and oxygen atoms in total. The number of carbonyl (C=O) groups is 1. The van der Waals surface area contributed by atoms with Gasteiger partial charge in [0.2, 0.25) is 5.91 Å². The van der Waals surface area contributed by atoms with E-state index in [2.05, 4.69) is 22.8 Å². The molecule has 1 aromatic heterocycles. The third-order valence-corrected chi connectivity index (χ3v) is 3.43. The van der Waals surface area contributed by atoms with Gasteiger partial charge in [-0.2, -0.15) is 0 Å². The standard InChI is InChI=1S/C16H23N3O2/c1-17-11-13-5-3-6-15-14(13)7-9-19(15)12-16(20)18-8-4-10-21-2/h3,5-7,9,17H,4,8,10-12H2,1-2H3,(H,18,20). The van der Waals surface area contributed by atoms with E-state index in [4.69, 9.17) is 4.74 Å². The Kier molecular flexibility index (Phi) is 5.78. The van der Waals surface area contributed by atoms with Gasteiger partial charge in [-0.15, -0.1) is 0 Å². The predicted octanol–water partition coefficient (Wildman–Crippen LogP) is 1.51. The molecule has 114 valence electrons. The molecule has 0 saturated heterocycles. The second-order valence-corrected chi connectivity index (χ2v) is 5.02. The van der Waals surface area contributed by atoms with Crippen LogP contribution in [-0.2, 0) is 22.6 Å². The van der Waals surface area contributed by atoms with Crippen molar-refractivity contribution >= 4 is 16.8 Å². The maximum Gasteiger partial charge on any atom is 0.239 e. The number of methoxy groups -OCH3 is 1. The summed E-state index contributed by atoms with van der Waals surface area (Å²) in [5.74, 6) is 0.0302. The lowest BCUT2D eigenvalue weighted by molar-refractivity contribution is -0.121. The lowest BCUT2D eigenvalue weighted by Crippen LogP contribution is -2.28. The van der Waals surface area contributed by atoms with Crippen molar-refractivity contribution < 1.29 is 9.53 Å². The molecule has 5 heteroatoms. The fourth-order valence-electron chi connectivity index (χ4n) is 2.42. The number of hydrogen-bond acceptors (Lipinski definition) is 3. The maximum absolute atomic E-state index is 11.9. The van der Waals surface area contributed by atoms with Gasteiger partial charge in [-0.05, 0) is 31.2 Å². The molecule has 1 amide bonds. The Balaban J connectivity index is 2.02. The second kappa shape index (κ2) is 7.81. The van der Waals surface area contributed by atoms with E-state index >= 15 is 0 Å². The Morgan fingerprint density at radius 2 is 2.19 bits per heavy atom. The number of hydrogen-bond donors (Lipinski definition) is 2. The number of fused-ring (bicyclic) bond motifs is 1. The van der Waals surface area contributed by atoms with E-state index in [0.29, 0.717) is 19.7 Å². The van der Waals surface area contributed by atoms with Crippen LogP contribution in [0.2, 0.25) is 0 Å². The van der Waals surface area contributed by atoms with Crippen molar-refractivity contribution in [3.63, 3.8) is 0 Å². The lowest BCUT2D eigenvalue weighted by Gasteiger charge is -2.08. The second-order valence-electron chi connectivity index (χ2n) is 5.02. The third-order valence-electron chi connectivity index (χ3n) is 3.43. The van der Waals surface area contributed by atoms with Crippen LogP contribution in [-0.4, -0.2) is 37.8 Å². The SMILES string of the molecule is CNCc1cccc2c1ccn2CC(=O)NCCCOC. The monoisotopic (exact) mass is 289 g/mol. The predicted molar refractivity (Wildman–Crippen MR) is 84.2 cm³/mol. The van der Waals surface area contributed by atoms with Crippen LogP contribution in [0.25, 0.3) is 10.9 Å². The smallest absolute Gasteiger partial charge is 0.239 e. The molecule has 0 unspecified atom stereocenters. The molecule has 0 radical (unpaired) electrons. The first-order valence-corrected chi connectivity index (χ1v) is 7.23. The van der Waals surface area contributed by atoms with Crippen molar-refractivity contribution in [3.05, 3.63) is 36.0 Å². The molecular weight excluding hydrogens is 266 g/mol. The molecule has 0 saturated carbocycles. The Morgan fingerprint density at radius 1 is 1.33 bits per heavy atom. The Morgan fingerprint density at radius 3 is 2.95 bits per heavy atom. The van der Waals surface area contributed by atoms with Crippen LogP contribution < -0.4 is 10.6 Å². The van der Waals surface area contributed by atoms with Crippen molar-refractivity contribution in [2.45, 2.75) is 19.5 Å². The highest BCUT2D eigenvalue weighted by Crippen LogP contribution is 2.20. The van der Waals surface area contributed by atoms with Gasteiger partial charge in [-0.25, -0.2) is 0 Å². The van der Waals surface area contributed by atoms with E-state index in [1.165, 1.54) is 10.9 Å². The molecule has 0 atom stereocenters. The molecule has 0 aliphatic carbocycles. The summed E-state index contributed by atoms with van der Waals surface area (Å²) >= 11 is 0. The first-order valence-electron chi connectivity index (χ1n) is 7.23. The summed E-state index contributed by atoms with van der Waals surface area (Å²) in [5, 5.41) is 7.27. The van der Waals surface area contributed by atoms with Crippen LogP contribution in [0.15, 0.2) is 30.5 Å². The third kappa shape index (κ3) is 4.06. The van der Waals surface area contributed by atoms with Crippen molar-refractivity contribution in [2.75, 3.05) is 27.3 Å². The number of aromatic nitrogens is 1. The minimum atomic E-state index is 0.0302. The molecule has 0 bridgehead atoms. The zero-order chi connectivity index (χ0) is 15.1. The molecule has 1 aromatic carbocycles. The van der Waals surface area contributed by atoms with Crippen molar-refractivity contribution in [3.8, 4) is 0 Å². The molecule has 0 spiro atoms. The van der Waals surface area contributed by atoms with Gasteiger partial charge >= 0.3 is 0 Å². The maximum atomic E-state index is 11.9. The molecule has 1 heterocycles. The Bertz CT molecular complexity index is 592. The average Bonchev–Trinajstić information content (AvgIpc) is 2.88. The number of nitrogens with one attached hydrogen (secondary N) is 2. The van der Waals surface area contributed by atoms with Crippen molar-refractivity contribution in [2.24, 2.45) is 0 Å². The largest absolute Gasteiger partial charge is 0.385 e. The highest BCUT2D eigenvalue weighted by Gasteiger charge is 2.08. The molecule has 2 N–H and O–H groups in total. The number of ether oxygens (including phenoxy) is 1. The summed E-state index contributed by atoms with van der Waals surface area (Å²) in [6, 6.07) is 8.25. The van der Waals surface area contributed by atoms with Gasteiger partial charge in [0.25, 0.3) is 0 Å². The molecule has 0 fully saturated rings. The highest BCUT2D eigenvalue weighted by molar-refractivity contribution is 5.85. The van der Waals surface area contributed by atoms with Crippen molar-refractivity contribution in [1.29, 1.82) is 0 Å². The zero-order valence-corrected chi connectivity index (χ0v) is 12.7. The summed E-state index contributed by atoms with van der Waals surface area (Å²) in [6.07, 6.45) is 2.81. The summed E-state index contributed by atoms with van der Waals surface area (Å²) in [5.41, 5.74) is 2.34. The van der Waals surface area contributed by atoms with Crippen molar-refractivity contribution in [1.82, 2.24) is 15.2 Å². The fourth-order valence-corrected chi connectivity index (χ4v) is 2.42. The van der Waals surface area contributed by atoms with Crippen LogP contribution in [0.4, 0.5) is 0 Å². The summed E-state index contributed by atoms with van der Waals surface area (Å²) in [6.45, 7) is 2.49. The number of amides is 1.